The van der Waals surface area contributed by atoms with Gasteiger partial charge in [0.05, 0.1) is 6.04 Å². The van der Waals surface area contributed by atoms with E-state index in [2.05, 4.69) is 31.3 Å². The zero-order chi connectivity index (χ0) is 18.7. The van der Waals surface area contributed by atoms with Crippen molar-refractivity contribution < 1.29 is 9.90 Å². The van der Waals surface area contributed by atoms with Crippen molar-refractivity contribution in [1.82, 2.24) is 5.32 Å². The van der Waals surface area contributed by atoms with Crippen LogP contribution in [0.3, 0.4) is 0 Å². The molecule has 1 atom stereocenters. The van der Waals surface area contributed by atoms with Gasteiger partial charge in [-0.1, -0.05) is 75.4 Å². The lowest BCUT2D eigenvalue weighted by Gasteiger charge is -2.23. The van der Waals surface area contributed by atoms with E-state index in [1.165, 1.54) is 5.56 Å². The van der Waals surface area contributed by atoms with E-state index in [4.69, 9.17) is 0 Å². The molecule has 3 aromatic carbocycles. The molecule has 0 aliphatic heterocycles. The van der Waals surface area contributed by atoms with E-state index in [1.54, 1.807) is 6.07 Å². The smallest absolute Gasteiger partial charge is 0.220 e. The minimum absolute atomic E-state index is 0.0460. The molecule has 0 fully saturated rings. The highest BCUT2D eigenvalue weighted by Crippen LogP contribution is 2.36. The number of phenols is 1. The van der Waals surface area contributed by atoms with Crippen molar-refractivity contribution >= 4 is 16.7 Å². The van der Waals surface area contributed by atoms with E-state index < -0.39 is 6.04 Å². The van der Waals surface area contributed by atoms with E-state index in [1.807, 2.05) is 49.4 Å². The highest BCUT2D eigenvalue weighted by Gasteiger charge is 2.22. The van der Waals surface area contributed by atoms with Gasteiger partial charge in [-0.3, -0.25) is 4.79 Å². The number of carbonyl (C=O) groups is 1. The predicted octanol–water partition coefficient (Wildman–Crippen LogP) is 5.28. The van der Waals surface area contributed by atoms with Gasteiger partial charge in [-0.25, -0.2) is 0 Å². The molecule has 26 heavy (non-hydrogen) atoms. The number of hydrogen-bond donors (Lipinski definition) is 2. The fourth-order valence-corrected chi connectivity index (χ4v) is 3.25. The average molecular weight is 347 g/mol. The lowest BCUT2D eigenvalue weighted by atomic mass is 9.91. The quantitative estimate of drug-likeness (QED) is 0.659. The lowest BCUT2D eigenvalue weighted by molar-refractivity contribution is -0.121. The number of benzene rings is 3. The van der Waals surface area contributed by atoms with Crippen LogP contribution in [0.2, 0.25) is 0 Å². The van der Waals surface area contributed by atoms with E-state index >= 15 is 0 Å². The van der Waals surface area contributed by atoms with Crippen molar-refractivity contribution in [2.75, 3.05) is 0 Å². The molecule has 1 amide bonds. The molecule has 0 unspecified atom stereocenters. The van der Waals surface area contributed by atoms with Crippen LogP contribution in [0.5, 0.6) is 5.75 Å². The molecule has 3 rings (SSSR count). The number of hydrogen-bond acceptors (Lipinski definition) is 2. The van der Waals surface area contributed by atoms with Gasteiger partial charge in [-0.05, 0) is 33.9 Å². The minimum atomic E-state index is -0.394. The van der Waals surface area contributed by atoms with Crippen LogP contribution < -0.4 is 5.32 Å². The van der Waals surface area contributed by atoms with Crippen LogP contribution >= 0.6 is 0 Å². The first-order valence-electron chi connectivity index (χ1n) is 9.11. The Balaban J connectivity index is 2.16. The van der Waals surface area contributed by atoms with Gasteiger partial charge in [0.15, 0.2) is 0 Å². The second-order valence-electron chi connectivity index (χ2n) is 6.89. The van der Waals surface area contributed by atoms with Crippen molar-refractivity contribution in [1.29, 1.82) is 0 Å². The number of nitrogens with one attached hydrogen (secondary N) is 1. The molecule has 3 heteroatoms. The van der Waals surface area contributed by atoms with E-state index in [0.29, 0.717) is 12.3 Å². The summed E-state index contributed by atoms with van der Waals surface area (Å²) in [6.45, 7) is 6.14. The van der Waals surface area contributed by atoms with Crippen molar-refractivity contribution in [3.8, 4) is 5.75 Å². The SMILES string of the molecule is CCC(=O)N[C@@H](c1ccc(C(C)C)cc1)c1c(O)ccc2ccccc12. The molecule has 2 N–H and O–H groups in total. The monoisotopic (exact) mass is 347 g/mol. The summed E-state index contributed by atoms with van der Waals surface area (Å²) in [5.41, 5.74) is 2.95. The molecule has 0 aliphatic rings. The standard InChI is InChI=1S/C23H25NO2/c1-4-21(26)24-23(18-11-9-16(10-12-18)15(2)3)22-19-8-6-5-7-17(19)13-14-20(22)25/h5-15,23,25H,4H2,1-3H3,(H,24,26)/t23-/m0/s1. The van der Waals surface area contributed by atoms with Crippen molar-refractivity contribution in [2.24, 2.45) is 0 Å². The Kier molecular flexibility index (Phi) is 5.27. The molecule has 0 aromatic heterocycles. The number of rotatable bonds is 5. The van der Waals surface area contributed by atoms with Gasteiger partial charge in [0, 0.05) is 12.0 Å². The Bertz CT molecular complexity index is 913. The lowest BCUT2D eigenvalue weighted by Crippen LogP contribution is -2.28. The Morgan fingerprint density at radius 1 is 0.962 bits per heavy atom. The summed E-state index contributed by atoms with van der Waals surface area (Å²) in [5, 5.41) is 15.7. The van der Waals surface area contributed by atoms with Crippen molar-refractivity contribution in [3.05, 3.63) is 77.4 Å². The molecule has 3 nitrogen and oxygen atoms in total. The number of amides is 1. The van der Waals surface area contributed by atoms with Crippen LogP contribution in [0, 0.1) is 0 Å². The van der Waals surface area contributed by atoms with E-state index in [9.17, 15) is 9.90 Å². The zero-order valence-corrected chi connectivity index (χ0v) is 15.5. The third-order valence-corrected chi connectivity index (χ3v) is 4.80. The maximum atomic E-state index is 12.2. The van der Waals surface area contributed by atoms with Crippen LogP contribution in [0.15, 0.2) is 60.7 Å². The van der Waals surface area contributed by atoms with Gasteiger partial charge in [0.2, 0.25) is 5.91 Å². The fraction of sp³-hybridized carbons (Fsp3) is 0.261. The van der Waals surface area contributed by atoms with Crippen LogP contribution in [-0.4, -0.2) is 11.0 Å². The fourth-order valence-electron chi connectivity index (χ4n) is 3.25. The molecular weight excluding hydrogens is 322 g/mol. The molecule has 0 heterocycles. The summed E-state index contributed by atoms with van der Waals surface area (Å²) in [6.07, 6.45) is 0.395. The summed E-state index contributed by atoms with van der Waals surface area (Å²) >= 11 is 0. The Hall–Kier alpha value is -2.81. The highest BCUT2D eigenvalue weighted by molar-refractivity contribution is 5.89. The number of fused-ring (bicyclic) bond motifs is 1. The molecule has 0 saturated heterocycles. The summed E-state index contributed by atoms with van der Waals surface area (Å²) in [4.78, 5) is 12.2. The second kappa shape index (κ2) is 7.61. The molecule has 0 bridgehead atoms. The van der Waals surface area contributed by atoms with Gasteiger partial charge < -0.3 is 10.4 Å². The molecule has 3 aromatic rings. The summed E-state index contributed by atoms with van der Waals surface area (Å²) in [5.74, 6) is 0.590. The largest absolute Gasteiger partial charge is 0.508 e. The van der Waals surface area contributed by atoms with Crippen LogP contribution in [0.1, 0.15) is 55.8 Å². The second-order valence-corrected chi connectivity index (χ2v) is 6.89. The summed E-state index contributed by atoms with van der Waals surface area (Å²) < 4.78 is 0. The molecule has 0 saturated carbocycles. The summed E-state index contributed by atoms with van der Waals surface area (Å²) in [7, 11) is 0. The number of aromatic hydroxyl groups is 1. The first kappa shape index (κ1) is 18.0. The van der Waals surface area contributed by atoms with Gasteiger partial charge in [-0.2, -0.15) is 0 Å². The van der Waals surface area contributed by atoms with Gasteiger partial charge in [0.25, 0.3) is 0 Å². The van der Waals surface area contributed by atoms with Crippen molar-refractivity contribution in [3.63, 3.8) is 0 Å². The van der Waals surface area contributed by atoms with Crippen molar-refractivity contribution in [2.45, 2.75) is 39.2 Å². The zero-order valence-electron chi connectivity index (χ0n) is 15.5. The third-order valence-electron chi connectivity index (χ3n) is 4.80. The van der Waals surface area contributed by atoms with Crippen LogP contribution in [0.4, 0.5) is 0 Å². The third kappa shape index (κ3) is 3.57. The first-order valence-corrected chi connectivity index (χ1v) is 9.11. The average Bonchev–Trinajstić information content (AvgIpc) is 2.66. The number of carbonyl (C=O) groups excluding carboxylic acids is 1. The number of phenolic OH excluding ortho intramolecular Hbond substituents is 1. The first-order chi connectivity index (χ1) is 12.5. The maximum Gasteiger partial charge on any atom is 0.220 e. The van der Waals surface area contributed by atoms with Crippen LogP contribution in [0.25, 0.3) is 10.8 Å². The highest BCUT2D eigenvalue weighted by atomic mass is 16.3. The van der Waals surface area contributed by atoms with Crippen LogP contribution in [-0.2, 0) is 4.79 Å². The normalized spacial score (nSPS) is 12.3. The molecular formula is C23H25NO2. The maximum absolute atomic E-state index is 12.2. The topological polar surface area (TPSA) is 49.3 Å². The molecule has 0 spiro atoms. The minimum Gasteiger partial charge on any atom is -0.508 e. The van der Waals surface area contributed by atoms with Gasteiger partial charge in [-0.15, -0.1) is 0 Å². The molecule has 0 radical (unpaired) electrons. The van der Waals surface area contributed by atoms with E-state index in [-0.39, 0.29) is 11.7 Å². The predicted molar refractivity (Wildman–Crippen MR) is 106 cm³/mol. The van der Waals surface area contributed by atoms with Gasteiger partial charge >= 0.3 is 0 Å². The molecule has 0 aliphatic carbocycles. The Morgan fingerprint density at radius 2 is 1.62 bits per heavy atom. The van der Waals surface area contributed by atoms with E-state index in [0.717, 1.165) is 21.9 Å². The Labute approximate surface area is 154 Å². The molecule has 134 valence electrons. The summed E-state index contributed by atoms with van der Waals surface area (Å²) in [6, 6.07) is 19.4. The Morgan fingerprint density at radius 3 is 2.27 bits per heavy atom. The van der Waals surface area contributed by atoms with Gasteiger partial charge in [0.1, 0.15) is 5.75 Å².